The van der Waals surface area contributed by atoms with Crippen LogP contribution in [0.3, 0.4) is 0 Å². The molecular weight excluding hydrogens is 426 g/mol. The number of fused-ring (bicyclic) bond motifs is 3. The number of pyridine rings is 2. The Balaban J connectivity index is 1.78. The number of hydrogen-bond acceptors (Lipinski definition) is 5. The van der Waals surface area contributed by atoms with E-state index in [1.54, 1.807) is 27.1 Å². The summed E-state index contributed by atoms with van der Waals surface area (Å²) in [4.78, 5) is 22.7. The Kier molecular flexibility index (Phi) is 5.23. The van der Waals surface area contributed by atoms with Crippen molar-refractivity contribution >= 4 is 27.6 Å². The topological polar surface area (TPSA) is 82.6 Å². The van der Waals surface area contributed by atoms with Gasteiger partial charge in [0.25, 0.3) is 0 Å². The van der Waals surface area contributed by atoms with Crippen molar-refractivity contribution in [3.8, 4) is 16.8 Å². The van der Waals surface area contributed by atoms with Gasteiger partial charge in [-0.15, -0.1) is 0 Å². The predicted octanol–water partition coefficient (Wildman–Crippen LogP) is 4.36. The predicted molar refractivity (Wildman–Crippen MR) is 137 cm³/mol. The molecule has 0 fully saturated rings. The molecule has 174 valence electrons. The van der Waals surface area contributed by atoms with Gasteiger partial charge in [0.1, 0.15) is 0 Å². The van der Waals surface area contributed by atoms with E-state index in [0.29, 0.717) is 6.04 Å². The summed E-state index contributed by atoms with van der Waals surface area (Å²) >= 11 is 0. The Morgan fingerprint density at radius 1 is 1.06 bits per heavy atom. The van der Waals surface area contributed by atoms with Gasteiger partial charge in [-0.25, -0.2) is 4.79 Å². The monoisotopic (exact) mass is 455 g/mol. The molecule has 8 heteroatoms. The van der Waals surface area contributed by atoms with Crippen molar-refractivity contribution in [1.82, 2.24) is 28.9 Å². The molecule has 0 saturated heterocycles. The van der Waals surface area contributed by atoms with Gasteiger partial charge in [-0.05, 0) is 51.0 Å². The minimum absolute atomic E-state index is 0.122. The molecule has 8 nitrogen and oxygen atoms in total. The first-order valence-electron chi connectivity index (χ1n) is 11.5. The number of nitrogens with one attached hydrogen (secondary N) is 1. The summed E-state index contributed by atoms with van der Waals surface area (Å²) in [7, 11) is 3.64. The van der Waals surface area contributed by atoms with E-state index in [1.165, 1.54) is 0 Å². The van der Waals surface area contributed by atoms with Crippen LogP contribution >= 0.6 is 0 Å². The lowest BCUT2D eigenvalue weighted by Crippen LogP contribution is -2.21. The van der Waals surface area contributed by atoms with Gasteiger partial charge < -0.3 is 5.32 Å². The van der Waals surface area contributed by atoms with Crippen molar-refractivity contribution in [1.29, 1.82) is 0 Å². The number of benzene rings is 1. The van der Waals surface area contributed by atoms with Gasteiger partial charge in [0.2, 0.25) is 0 Å². The van der Waals surface area contributed by atoms with Gasteiger partial charge in [-0.3, -0.25) is 23.8 Å². The van der Waals surface area contributed by atoms with E-state index in [2.05, 4.69) is 54.4 Å². The van der Waals surface area contributed by atoms with E-state index in [-0.39, 0.29) is 5.69 Å². The van der Waals surface area contributed by atoms with Crippen LogP contribution in [-0.2, 0) is 20.5 Å². The Bertz CT molecular complexity index is 1600. The lowest BCUT2D eigenvalue weighted by atomic mass is 10.0. The Labute approximate surface area is 197 Å². The van der Waals surface area contributed by atoms with Crippen molar-refractivity contribution < 1.29 is 0 Å². The molecule has 4 heterocycles. The number of aryl methyl sites for hydroxylation is 4. The zero-order valence-corrected chi connectivity index (χ0v) is 20.4. The third-order valence-corrected chi connectivity index (χ3v) is 6.19. The first-order chi connectivity index (χ1) is 16.3. The van der Waals surface area contributed by atoms with Crippen LogP contribution in [0, 0.1) is 6.92 Å². The van der Waals surface area contributed by atoms with Crippen molar-refractivity contribution in [2.45, 2.75) is 40.2 Å². The van der Waals surface area contributed by atoms with Crippen molar-refractivity contribution in [2.24, 2.45) is 14.1 Å². The number of anilines is 1. The summed E-state index contributed by atoms with van der Waals surface area (Å²) in [5, 5.41) is 8.89. The fourth-order valence-corrected chi connectivity index (χ4v) is 4.58. The summed E-state index contributed by atoms with van der Waals surface area (Å²) in [5.74, 6) is 0. The molecule has 4 aromatic heterocycles. The largest absolute Gasteiger partial charge is 0.381 e. The van der Waals surface area contributed by atoms with Crippen LogP contribution in [0.25, 0.3) is 38.8 Å². The zero-order chi connectivity index (χ0) is 24.1. The molecule has 0 saturated carbocycles. The molecule has 0 aliphatic heterocycles. The van der Waals surface area contributed by atoms with Gasteiger partial charge in [-0.1, -0.05) is 13.0 Å². The zero-order valence-electron chi connectivity index (χ0n) is 20.4. The number of imidazole rings is 1. The first-order valence-corrected chi connectivity index (χ1v) is 11.5. The maximum Gasteiger partial charge on any atom is 0.333 e. The maximum atomic E-state index is 13.3. The summed E-state index contributed by atoms with van der Waals surface area (Å²) in [6.07, 6.45) is 6.42. The maximum absolute atomic E-state index is 13.3. The standard InChI is InChI=1S/C26H29N7O/c1-7-20-22(29-15(2)3)11-18(12-27-20)17-8-9-21-19(10-17)25-23(13-28-21)32(6)26(34)33(25)24-14-31(5)30-16(24)4/h8-15,29H,7H2,1-6H3. The van der Waals surface area contributed by atoms with Crippen LogP contribution in [0.15, 0.2) is 47.7 Å². The van der Waals surface area contributed by atoms with Gasteiger partial charge in [0, 0.05) is 43.5 Å². The van der Waals surface area contributed by atoms with E-state index in [9.17, 15) is 4.79 Å². The molecular formula is C26H29N7O. The van der Waals surface area contributed by atoms with E-state index < -0.39 is 0 Å². The third-order valence-electron chi connectivity index (χ3n) is 6.19. The lowest BCUT2D eigenvalue weighted by Gasteiger charge is -2.15. The molecule has 0 radical (unpaired) electrons. The molecule has 1 aromatic carbocycles. The average molecular weight is 456 g/mol. The average Bonchev–Trinajstić information content (AvgIpc) is 3.27. The Hall–Kier alpha value is -3.94. The molecule has 0 atom stereocenters. The normalized spacial score (nSPS) is 11.7. The van der Waals surface area contributed by atoms with E-state index in [4.69, 9.17) is 4.98 Å². The number of nitrogens with zero attached hydrogens (tertiary/aromatic N) is 6. The summed E-state index contributed by atoms with van der Waals surface area (Å²) < 4.78 is 5.12. The molecule has 0 bridgehead atoms. The van der Waals surface area contributed by atoms with Crippen LogP contribution in [0.4, 0.5) is 5.69 Å². The van der Waals surface area contributed by atoms with Gasteiger partial charge in [0.05, 0.1) is 45.5 Å². The number of aromatic nitrogens is 6. The summed E-state index contributed by atoms with van der Waals surface area (Å²) in [6.45, 7) is 8.28. The van der Waals surface area contributed by atoms with Gasteiger partial charge in [0.15, 0.2) is 0 Å². The molecule has 34 heavy (non-hydrogen) atoms. The summed E-state index contributed by atoms with van der Waals surface area (Å²) in [5.41, 5.74) is 8.01. The minimum Gasteiger partial charge on any atom is -0.381 e. The number of hydrogen-bond donors (Lipinski definition) is 1. The van der Waals surface area contributed by atoms with E-state index >= 15 is 0 Å². The van der Waals surface area contributed by atoms with Crippen LogP contribution in [0.2, 0.25) is 0 Å². The minimum atomic E-state index is -0.122. The van der Waals surface area contributed by atoms with Crippen molar-refractivity contribution in [3.05, 3.63) is 64.7 Å². The second-order valence-corrected chi connectivity index (χ2v) is 9.05. The molecule has 5 aromatic rings. The van der Waals surface area contributed by atoms with E-state index in [0.717, 1.165) is 62.2 Å². The van der Waals surface area contributed by atoms with Gasteiger partial charge >= 0.3 is 5.69 Å². The van der Waals surface area contributed by atoms with Crippen LogP contribution in [0.5, 0.6) is 0 Å². The lowest BCUT2D eigenvalue weighted by molar-refractivity contribution is 0.756. The highest BCUT2D eigenvalue weighted by atomic mass is 16.1. The van der Waals surface area contributed by atoms with Crippen molar-refractivity contribution in [3.63, 3.8) is 0 Å². The quantitative estimate of drug-likeness (QED) is 0.426. The van der Waals surface area contributed by atoms with Crippen LogP contribution < -0.4 is 11.0 Å². The molecule has 0 aliphatic carbocycles. The Morgan fingerprint density at radius 2 is 1.85 bits per heavy atom. The molecule has 0 amide bonds. The highest BCUT2D eigenvalue weighted by Gasteiger charge is 2.19. The molecule has 0 aliphatic rings. The second-order valence-electron chi connectivity index (χ2n) is 9.05. The van der Waals surface area contributed by atoms with Crippen molar-refractivity contribution in [2.75, 3.05) is 5.32 Å². The Morgan fingerprint density at radius 3 is 2.53 bits per heavy atom. The molecule has 0 unspecified atom stereocenters. The van der Waals surface area contributed by atoms with Gasteiger partial charge in [-0.2, -0.15) is 5.10 Å². The molecule has 1 N–H and O–H groups in total. The highest BCUT2D eigenvalue weighted by molar-refractivity contribution is 6.04. The summed E-state index contributed by atoms with van der Waals surface area (Å²) in [6, 6.07) is 8.64. The van der Waals surface area contributed by atoms with Crippen LogP contribution in [-0.4, -0.2) is 34.9 Å². The second kappa shape index (κ2) is 8.13. The molecule has 5 rings (SSSR count). The SMILES string of the molecule is CCc1ncc(-c2ccc3ncc4c(c3c2)n(-c2cn(C)nc2C)c(=O)n4C)cc1NC(C)C. The van der Waals surface area contributed by atoms with Crippen LogP contribution in [0.1, 0.15) is 32.2 Å². The van der Waals surface area contributed by atoms with E-state index in [1.807, 2.05) is 32.4 Å². The third kappa shape index (κ3) is 3.46. The fraction of sp³-hybridized carbons (Fsp3) is 0.308. The number of rotatable bonds is 5. The first kappa shape index (κ1) is 21.9. The highest BCUT2D eigenvalue weighted by Crippen LogP contribution is 2.31. The fourth-order valence-electron chi connectivity index (χ4n) is 4.58. The molecule has 0 spiro atoms. The smallest absolute Gasteiger partial charge is 0.333 e.